The summed E-state index contributed by atoms with van der Waals surface area (Å²) in [5.41, 5.74) is 8.18. The Morgan fingerprint density at radius 3 is 2.28 bits per heavy atom. The van der Waals surface area contributed by atoms with Crippen LogP contribution in [0, 0.1) is 0 Å². The van der Waals surface area contributed by atoms with E-state index in [0.717, 1.165) is 11.1 Å². The molecule has 0 saturated carbocycles. The van der Waals surface area contributed by atoms with Crippen molar-refractivity contribution in [2.75, 3.05) is 7.05 Å². The van der Waals surface area contributed by atoms with E-state index in [2.05, 4.69) is 64.6 Å². The molecule has 0 fully saturated rings. The fraction of sp³-hybridized carbons (Fsp3) is 0.0400. The molecule has 4 heteroatoms. The zero-order valence-corrected chi connectivity index (χ0v) is 16.8. The summed E-state index contributed by atoms with van der Waals surface area (Å²) in [5, 5.41) is 4.90. The Labute approximate surface area is 172 Å². The maximum Gasteiger partial charge on any atom is 0.157 e. The number of amidine groups is 2. The fourth-order valence-corrected chi connectivity index (χ4v) is 4.88. The highest BCUT2D eigenvalue weighted by Gasteiger charge is 2.14. The van der Waals surface area contributed by atoms with Crippen LogP contribution in [0.5, 0.6) is 0 Å². The molecule has 2 N–H and O–H groups in total. The van der Waals surface area contributed by atoms with Gasteiger partial charge in [0, 0.05) is 38.3 Å². The molecule has 29 heavy (non-hydrogen) atoms. The highest BCUT2D eigenvalue weighted by molar-refractivity contribution is 7.26. The Bertz CT molecular complexity index is 1410. The van der Waals surface area contributed by atoms with Gasteiger partial charge >= 0.3 is 0 Å². The van der Waals surface area contributed by atoms with Gasteiger partial charge in [0.25, 0.3) is 0 Å². The van der Waals surface area contributed by atoms with Crippen LogP contribution in [0.3, 0.4) is 0 Å². The van der Waals surface area contributed by atoms with E-state index in [9.17, 15) is 0 Å². The molecule has 0 spiro atoms. The van der Waals surface area contributed by atoms with Crippen LogP contribution in [-0.4, -0.2) is 18.7 Å². The van der Waals surface area contributed by atoms with Gasteiger partial charge in [-0.25, -0.2) is 4.99 Å². The molecule has 4 aromatic carbocycles. The van der Waals surface area contributed by atoms with Crippen molar-refractivity contribution in [3.8, 4) is 0 Å². The van der Waals surface area contributed by atoms with E-state index in [1.54, 1.807) is 18.4 Å². The minimum atomic E-state index is 0.466. The average Bonchev–Trinajstić information content (AvgIpc) is 3.14. The quantitative estimate of drug-likeness (QED) is 0.291. The molecule has 5 aromatic rings. The highest BCUT2D eigenvalue weighted by atomic mass is 32.1. The third-order valence-electron chi connectivity index (χ3n) is 5.11. The Morgan fingerprint density at radius 2 is 1.52 bits per heavy atom. The summed E-state index contributed by atoms with van der Waals surface area (Å²) in [7, 11) is 1.76. The Morgan fingerprint density at radius 1 is 0.793 bits per heavy atom. The van der Waals surface area contributed by atoms with E-state index in [4.69, 9.17) is 5.73 Å². The number of nitrogens with zero attached hydrogens (tertiary/aromatic N) is 2. The van der Waals surface area contributed by atoms with Gasteiger partial charge in [0.05, 0.1) is 0 Å². The third-order valence-corrected chi connectivity index (χ3v) is 6.23. The zero-order valence-electron chi connectivity index (χ0n) is 16.0. The lowest BCUT2D eigenvalue weighted by atomic mass is 10.0. The summed E-state index contributed by atoms with van der Waals surface area (Å²) in [5.74, 6) is 1.11. The van der Waals surface area contributed by atoms with Crippen LogP contribution in [0.2, 0.25) is 0 Å². The van der Waals surface area contributed by atoms with Crippen molar-refractivity contribution < 1.29 is 0 Å². The third kappa shape index (κ3) is 3.08. The summed E-state index contributed by atoms with van der Waals surface area (Å²) in [6.07, 6.45) is 0. The number of aliphatic imine (C=N–C) groups is 2. The molecule has 5 rings (SSSR count). The van der Waals surface area contributed by atoms with E-state index < -0.39 is 0 Å². The standard InChI is InChI=1S/C25H19N3S/c1-27-25(28-24(26)16-8-3-2-4-9-16)19-12-7-13-21-23(19)20-14-17-10-5-6-11-18(17)15-22(20)29-21/h2-15H,1H3,(H2,26,27,28). The second-order valence-corrected chi connectivity index (χ2v) is 7.97. The molecule has 0 saturated heterocycles. The molecule has 0 amide bonds. The van der Waals surface area contributed by atoms with Crippen LogP contribution >= 0.6 is 11.3 Å². The van der Waals surface area contributed by atoms with Gasteiger partial charge in [-0.05, 0) is 29.0 Å². The molecule has 0 radical (unpaired) electrons. The predicted octanol–water partition coefficient (Wildman–Crippen LogP) is 5.99. The van der Waals surface area contributed by atoms with Crippen LogP contribution in [-0.2, 0) is 0 Å². The maximum atomic E-state index is 6.29. The van der Waals surface area contributed by atoms with Gasteiger partial charge in [-0.2, -0.15) is 0 Å². The number of thiophene rings is 1. The van der Waals surface area contributed by atoms with Crippen LogP contribution < -0.4 is 5.73 Å². The predicted molar refractivity (Wildman–Crippen MR) is 126 cm³/mol. The first-order valence-corrected chi connectivity index (χ1v) is 10.3. The summed E-state index contributed by atoms with van der Waals surface area (Å²) in [4.78, 5) is 9.16. The van der Waals surface area contributed by atoms with Crippen LogP contribution in [0.25, 0.3) is 30.9 Å². The molecule has 0 aliphatic carbocycles. The van der Waals surface area contributed by atoms with Crippen molar-refractivity contribution in [2.45, 2.75) is 0 Å². The Hall–Kier alpha value is -3.50. The van der Waals surface area contributed by atoms with Gasteiger partial charge in [0.15, 0.2) is 5.84 Å². The largest absolute Gasteiger partial charge is 0.383 e. The molecule has 0 unspecified atom stereocenters. The highest BCUT2D eigenvalue weighted by Crippen LogP contribution is 2.38. The molecule has 3 nitrogen and oxygen atoms in total. The van der Waals surface area contributed by atoms with Crippen molar-refractivity contribution in [2.24, 2.45) is 15.7 Å². The topological polar surface area (TPSA) is 50.7 Å². The van der Waals surface area contributed by atoms with Gasteiger partial charge in [-0.3, -0.25) is 4.99 Å². The molecule has 0 aliphatic rings. The van der Waals surface area contributed by atoms with Gasteiger partial charge in [-0.1, -0.05) is 66.7 Å². The minimum absolute atomic E-state index is 0.466. The van der Waals surface area contributed by atoms with Crippen LogP contribution in [0.15, 0.2) is 94.9 Å². The SMILES string of the molecule is CN=C(N=C(N)c1ccccc1)c1cccc2sc3cc4ccccc4cc3c12. The average molecular weight is 394 g/mol. The summed E-state index contributed by atoms with van der Waals surface area (Å²) in [6, 6.07) is 29.1. The van der Waals surface area contributed by atoms with E-state index in [1.807, 2.05) is 30.3 Å². The molecule has 140 valence electrons. The van der Waals surface area contributed by atoms with E-state index in [1.165, 1.54) is 30.9 Å². The smallest absolute Gasteiger partial charge is 0.157 e. The van der Waals surface area contributed by atoms with Crippen molar-refractivity contribution in [1.29, 1.82) is 0 Å². The number of rotatable bonds is 2. The van der Waals surface area contributed by atoms with Crippen molar-refractivity contribution in [1.82, 2.24) is 0 Å². The van der Waals surface area contributed by atoms with E-state index in [0.29, 0.717) is 11.7 Å². The summed E-state index contributed by atoms with van der Waals surface area (Å²) >= 11 is 1.80. The van der Waals surface area contributed by atoms with Gasteiger partial charge in [-0.15, -0.1) is 11.3 Å². The number of fused-ring (bicyclic) bond motifs is 4. The first kappa shape index (κ1) is 17.6. The van der Waals surface area contributed by atoms with E-state index >= 15 is 0 Å². The second kappa shape index (κ2) is 7.15. The lowest BCUT2D eigenvalue weighted by molar-refractivity contribution is 1.38. The number of hydrogen-bond donors (Lipinski definition) is 1. The van der Waals surface area contributed by atoms with Gasteiger partial charge < -0.3 is 5.73 Å². The molecule has 1 aromatic heterocycles. The number of nitrogens with two attached hydrogens (primary N) is 1. The molecule has 0 aliphatic heterocycles. The van der Waals surface area contributed by atoms with E-state index in [-0.39, 0.29) is 0 Å². The first-order chi connectivity index (χ1) is 14.2. The number of hydrogen-bond acceptors (Lipinski definition) is 2. The van der Waals surface area contributed by atoms with Crippen molar-refractivity contribution in [3.63, 3.8) is 0 Å². The Balaban J connectivity index is 1.74. The number of benzene rings is 4. The zero-order chi connectivity index (χ0) is 19.8. The normalized spacial score (nSPS) is 12.9. The lowest BCUT2D eigenvalue weighted by Gasteiger charge is -2.06. The maximum absolute atomic E-state index is 6.29. The fourth-order valence-electron chi connectivity index (χ4n) is 3.72. The van der Waals surface area contributed by atoms with Gasteiger partial charge in [0.1, 0.15) is 5.84 Å². The molecule has 0 atom stereocenters. The second-order valence-electron chi connectivity index (χ2n) is 6.89. The molecule has 0 bridgehead atoms. The molecular weight excluding hydrogens is 374 g/mol. The molecule has 1 heterocycles. The van der Waals surface area contributed by atoms with Crippen LogP contribution in [0.4, 0.5) is 0 Å². The summed E-state index contributed by atoms with van der Waals surface area (Å²) in [6.45, 7) is 0. The lowest BCUT2D eigenvalue weighted by Crippen LogP contribution is -2.16. The monoisotopic (exact) mass is 393 g/mol. The summed E-state index contributed by atoms with van der Waals surface area (Å²) < 4.78 is 2.49. The first-order valence-electron chi connectivity index (χ1n) is 9.45. The van der Waals surface area contributed by atoms with Crippen molar-refractivity contribution in [3.05, 3.63) is 96.1 Å². The van der Waals surface area contributed by atoms with Crippen molar-refractivity contribution >= 4 is 54.0 Å². The van der Waals surface area contributed by atoms with Crippen LogP contribution in [0.1, 0.15) is 11.1 Å². The van der Waals surface area contributed by atoms with Gasteiger partial charge in [0.2, 0.25) is 0 Å². The minimum Gasteiger partial charge on any atom is -0.383 e. The Kier molecular flexibility index (Phi) is 4.34. The molecular formula is C25H19N3S.